The lowest BCUT2D eigenvalue weighted by molar-refractivity contribution is 0.314. The van der Waals surface area contributed by atoms with Gasteiger partial charge in [-0.2, -0.15) is 0 Å². The summed E-state index contributed by atoms with van der Waals surface area (Å²) in [6.45, 7) is 1.95. The highest BCUT2D eigenvalue weighted by Crippen LogP contribution is 2.36. The Morgan fingerprint density at radius 3 is 2.71 bits per heavy atom. The fourth-order valence-electron chi connectivity index (χ4n) is 3.42. The van der Waals surface area contributed by atoms with Gasteiger partial charge in [0.15, 0.2) is 5.82 Å². The lowest BCUT2D eigenvalue weighted by atomic mass is 10.2. The molecule has 1 unspecified atom stereocenters. The second kappa shape index (κ2) is 4.92. The van der Waals surface area contributed by atoms with Crippen LogP contribution in [-0.4, -0.2) is 33.6 Å². The molecule has 112 valence electrons. The number of halogens is 3. The zero-order valence-corrected chi connectivity index (χ0v) is 12.3. The molecule has 2 aliphatic rings. The SMILES string of the molecule is Fc1cc(F)c2nc(CCl)n(C3CCN(C4CC4)C3)c2c1. The van der Waals surface area contributed by atoms with E-state index >= 15 is 0 Å². The molecule has 1 aliphatic carbocycles. The summed E-state index contributed by atoms with van der Waals surface area (Å²) in [6.07, 6.45) is 3.51. The fourth-order valence-corrected chi connectivity index (χ4v) is 3.61. The molecule has 1 aromatic heterocycles. The van der Waals surface area contributed by atoms with E-state index in [2.05, 4.69) is 9.88 Å². The maximum atomic E-state index is 13.9. The summed E-state index contributed by atoms with van der Waals surface area (Å²) in [7, 11) is 0. The summed E-state index contributed by atoms with van der Waals surface area (Å²) >= 11 is 5.97. The van der Waals surface area contributed by atoms with E-state index in [9.17, 15) is 8.78 Å². The van der Waals surface area contributed by atoms with Crippen molar-refractivity contribution in [3.8, 4) is 0 Å². The fraction of sp³-hybridized carbons (Fsp3) is 0.533. The molecule has 2 aromatic rings. The van der Waals surface area contributed by atoms with Gasteiger partial charge in [0.2, 0.25) is 0 Å². The molecule has 0 amide bonds. The first-order chi connectivity index (χ1) is 10.2. The van der Waals surface area contributed by atoms with Gasteiger partial charge in [0, 0.05) is 31.2 Å². The van der Waals surface area contributed by atoms with E-state index in [4.69, 9.17) is 11.6 Å². The lowest BCUT2D eigenvalue weighted by Gasteiger charge is -2.18. The Balaban J connectivity index is 1.79. The molecule has 1 aliphatic heterocycles. The summed E-state index contributed by atoms with van der Waals surface area (Å²) in [6, 6.07) is 3.15. The highest BCUT2D eigenvalue weighted by molar-refractivity contribution is 6.16. The molecule has 1 saturated carbocycles. The van der Waals surface area contributed by atoms with Gasteiger partial charge in [-0.25, -0.2) is 13.8 Å². The van der Waals surface area contributed by atoms with Gasteiger partial charge in [-0.3, -0.25) is 4.90 Å². The molecule has 4 rings (SSSR count). The number of fused-ring (bicyclic) bond motifs is 1. The van der Waals surface area contributed by atoms with Gasteiger partial charge in [-0.1, -0.05) is 0 Å². The number of hydrogen-bond donors (Lipinski definition) is 0. The first-order valence-electron chi connectivity index (χ1n) is 7.33. The highest BCUT2D eigenvalue weighted by Gasteiger charge is 2.36. The molecule has 1 aromatic carbocycles. The number of benzene rings is 1. The van der Waals surface area contributed by atoms with Gasteiger partial charge in [-0.15, -0.1) is 11.6 Å². The Labute approximate surface area is 126 Å². The molecule has 6 heteroatoms. The Morgan fingerprint density at radius 1 is 1.19 bits per heavy atom. The second-order valence-electron chi connectivity index (χ2n) is 5.96. The van der Waals surface area contributed by atoms with Crippen molar-refractivity contribution in [3.05, 3.63) is 29.6 Å². The van der Waals surface area contributed by atoms with Crippen LogP contribution in [0.2, 0.25) is 0 Å². The van der Waals surface area contributed by atoms with Gasteiger partial charge < -0.3 is 4.57 Å². The zero-order valence-electron chi connectivity index (χ0n) is 11.5. The van der Waals surface area contributed by atoms with Crippen LogP contribution < -0.4 is 0 Å². The topological polar surface area (TPSA) is 21.1 Å². The highest BCUT2D eigenvalue weighted by atomic mass is 35.5. The minimum absolute atomic E-state index is 0.200. The minimum Gasteiger partial charge on any atom is -0.322 e. The van der Waals surface area contributed by atoms with Crippen molar-refractivity contribution in [2.45, 2.75) is 37.2 Å². The van der Waals surface area contributed by atoms with Crippen LogP contribution in [0.3, 0.4) is 0 Å². The van der Waals surface area contributed by atoms with Gasteiger partial charge in [0.25, 0.3) is 0 Å². The summed E-state index contributed by atoms with van der Waals surface area (Å²) in [5.74, 6) is -0.361. The molecule has 1 saturated heterocycles. The van der Waals surface area contributed by atoms with E-state index < -0.39 is 11.6 Å². The Kier molecular flexibility index (Phi) is 3.15. The van der Waals surface area contributed by atoms with Crippen molar-refractivity contribution in [2.24, 2.45) is 0 Å². The van der Waals surface area contributed by atoms with E-state index in [-0.39, 0.29) is 17.4 Å². The normalized spacial score (nSPS) is 23.3. The minimum atomic E-state index is -0.618. The summed E-state index contributed by atoms with van der Waals surface area (Å²) < 4.78 is 29.4. The number of hydrogen-bond acceptors (Lipinski definition) is 2. The average Bonchev–Trinajstić information content (AvgIpc) is 3.07. The molecular formula is C15H16ClF2N3. The van der Waals surface area contributed by atoms with E-state index in [1.807, 2.05) is 4.57 Å². The van der Waals surface area contributed by atoms with Crippen molar-refractivity contribution in [2.75, 3.05) is 13.1 Å². The van der Waals surface area contributed by atoms with E-state index in [0.29, 0.717) is 17.4 Å². The van der Waals surface area contributed by atoms with Crippen LogP contribution in [0, 0.1) is 11.6 Å². The number of alkyl halides is 1. The predicted molar refractivity (Wildman–Crippen MR) is 77.5 cm³/mol. The van der Waals surface area contributed by atoms with Crippen molar-refractivity contribution in [1.29, 1.82) is 0 Å². The smallest absolute Gasteiger partial charge is 0.153 e. The number of aromatic nitrogens is 2. The van der Waals surface area contributed by atoms with Crippen molar-refractivity contribution < 1.29 is 8.78 Å². The number of rotatable bonds is 3. The lowest BCUT2D eigenvalue weighted by Crippen LogP contribution is -2.24. The first-order valence-corrected chi connectivity index (χ1v) is 7.86. The summed E-state index contributed by atoms with van der Waals surface area (Å²) in [4.78, 5) is 6.74. The van der Waals surface area contributed by atoms with Gasteiger partial charge in [-0.05, 0) is 25.3 Å². The Bertz CT molecular complexity index is 696. The van der Waals surface area contributed by atoms with Gasteiger partial charge in [0.1, 0.15) is 17.2 Å². The predicted octanol–water partition coefficient (Wildman–Crippen LogP) is 3.46. The van der Waals surface area contributed by atoms with Gasteiger partial charge in [0.05, 0.1) is 11.4 Å². The van der Waals surface area contributed by atoms with Crippen LogP contribution in [0.15, 0.2) is 12.1 Å². The Morgan fingerprint density at radius 2 is 2.00 bits per heavy atom. The Hall–Kier alpha value is -1.20. The number of imidazole rings is 1. The third kappa shape index (κ3) is 2.23. The summed E-state index contributed by atoms with van der Waals surface area (Å²) in [5, 5.41) is 0. The van der Waals surface area contributed by atoms with E-state index in [1.54, 1.807) is 0 Å². The van der Waals surface area contributed by atoms with E-state index in [1.165, 1.54) is 18.9 Å². The van der Waals surface area contributed by atoms with Crippen molar-refractivity contribution >= 4 is 22.6 Å². The monoisotopic (exact) mass is 311 g/mol. The molecule has 0 radical (unpaired) electrons. The van der Waals surface area contributed by atoms with Crippen LogP contribution in [0.4, 0.5) is 8.78 Å². The molecule has 0 N–H and O–H groups in total. The molecule has 0 spiro atoms. The van der Waals surface area contributed by atoms with Crippen LogP contribution in [-0.2, 0) is 5.88 Å². The maximum Gasteiger partial charge on any atom is 0.153 e. The molecule has 21 heavy (non-hydrogen) atoms. The molecular weight excluding hydrogens is 296 g/mol. The first kappa shape index (κ1) is 13.5. The summed E-state index contributed by atoms with van der Waals surface area (Å²) in [5.41, 5.74) is 0.739. The molecule has 3 nitrogen and oxygen atoms in total. The zero-order chi connectivity index (χ0) is 14.6. The number of nitrogens with zero attached hydrogens (tertiary/aromatic N) is 3. The maximum absolute atomic E-state index is 13.9. The molecule has 2 heterocycles. The van der Waals surface area contributed by atoms with Crippen LogP contribution in [0.25, 0.3) is 11.0 Å². The molecule has 1 atom stereocenters. The average molecular weight is 312 g/mol. The molecule has 0 bridgehead atoms. The van der Waals surface area contributed by atoms with Crippen molar-refractivity contribution in [1.82, 2.24) is 14.5 Å². The van der Waals surface area contributed by atoms with Gasteiger partial charge >= 0.3 is 0 Å². The third-order valence-corrected chi connectivity index (χ3v) is 4.77. The molecule has 2 fully saturated rings. The van der Waals surface area contributed by atoms with Crippen molar-refractivity contribution in [3.63, 3.8) is 0 Å². The van der Waals surface area contributed by atoms with Crippen LogP contribution in [0.5, 0.6) is 0 Å². The number of likely N-dealkylation sites (tertiary alicyclic amines) is 1. The standard InChI is InChI=1S/C15H16ClF2N3/c16-7-14-19-15-12(18)5-9(17)6-13(15)21(14)11-3-4-20(8-11)10-1-2-10/h5-6,10-11H,1-4,7-8H2. The van der Waals surface area contributed by atoms with E-state index in [0.717, 1.165) is 25.6 Å². The van der Waals surface area contributed by atoms with Crippen LogP contribution in [0.1, 0.15) is 31.1 Å². The second-order valence-corrected chi connectivity index (χ2v) is 6.22. The largest absolute Gasteiger partial charge is 0.322 e. The van der Waals surface area contributed by atoms with Crippen LogP contribution >= 0.6 is 11.6 Å². The quantitative estimate of drug-likeness (QED) is 0.809. The third-order valence-electron chi connectivity index (χ3n) is 4.53.